The number of nitrogens with one attached hydrogen (secondary N) is 1. The van der Waals surface area contributed by atoms with Gasteiger partial charge in [0.05, 0.1) is 20.0 Å². The first kappa shape index (κ1) is 18.0. The molecule has 0 spiro atoms. The highest BCUT2D eigenvalue weighted by Gasteiger charge is 2.09. The van der Waals surface area contributed by atoms with Gasteiger partial charge in [0.2, 0.25) is 11.0 Å². The van der Waals surface area contributed by atoms with E-state index < -0.39 is 0 Å². The summed E-state index contributed by atoms with van der Waals surface area (Å²) in [4.78, 5) is 23.0. The molecule has 1 aromatic carbocycles. The van der Waals surface area contributed by atoms with Gasteiger partial charge < -0.3 is 9.47 Å². The van der Waals surface area contributed by atoms with Crippen LogP contribution in [0, 0.1) is 0 Å². The summed E-state index contributed by atoms with van der Waals surface area (Å²) in [5, 5.41) is 10.7. The van der Waals surface area contributed by atoms with Crippen molar-refractivity contribution in [3.05, 3.63) is 35.9 Å². The van der Waals surface area contributed by atoms with E-state index in [4.69, 9.17) is 4.74 Å². The summed E-state index contributed by atoms with van der Waals surface area (Å²) in [5.41, 5.74) is 0.793. The average molecular weight is 365 g/mol. The molecule has 1 aromatic heterocycles. The third kappa shape index (κ3) is 5.36. The quantitative estimate of drug-likeness (QED) is 0.349. The molecule has 0 aliphatic carbocycles. The van der Waals surface area contributed by atoms with Crippen molar-refractivity contribution in [2.24, 2.45) is 0 Å². The number of hydrogen-bond acceptors (Lipinski definition) is 8. The maximum Gasteiger partial charge on any atom is 0.316 e. The Morgan fingerprint density at radius 2 is 2.08 bits per heavy atom. The minimum atomic E-state index is -0.347. The lowest BCUT2D eigenvalue weighted by Gasteiger charge is -2.03. The largest absolute Gasteiger partial charge is 0.496 e. The van der Waals surface area contributed by atoms with Crippen LogP contribution >= 0.6 is 23.1 Å². The molecule has 0 radical (unpaired) electrons. The number of thioether (sulfide) groups is 1. The summed E-state index contributed by atoms with van der Waals surface area (Å²) in [5.74, 6) is 0.147. The first-order chi connectivity index (χ1) is 11.6. The molecule has 0 atom stereocenters. The van der Waals surface area contributed by atoms with Crippen molar-refractivity contribution in [1.29, 1.82) is 0 Å². The van der Waals surface area contributed by atoms with Crippen molar-refractivity contribution in [2.45, 2.75) is 4.34 Å². The van der Waals surface area contributed by atoms with Gasteiger partial charge in [0, 0.05) is 11.6 Å². The van der Waals surface area contributed by atoms with Crippen molar-refractivity contribution < 1.29 is 19.1 Å². The number of anilines is 1. The summed E-state index contributed by atoms with van der Waals surface area (Å²) in [7, 11) is 2.89. The van der Waals surface area contributed by atoms with Gasteiger partial charge in [0.25, 0.3) is 0 Å². The first-order valence-corrected chi connectivity index (χ1v) is 8.57. The van der Waals surface area contributed by atoms with E-state index in [9.17, 15) is 9.59 Å². The van der Waals surface area contributed by atoms with Crippen LogP contribution in [0.1, 0.15) is 5.56 Å². The number of rotatable bonds is 7. The fourth-order valence-corrected chi connectivity index (χ4v) is 3.20. The highest BCUT2D eigenvalue weighted by atomic mass is 32.2. The Labute approximate surface area is 147 Å². The fraction of sp³-hybridized carbons (Fsp3) is 0.200. The molecule has 7 nitrogen and oxygen atoms in total. The highest BCUT2D eigenvalue weighted by molar-refractivity contribution is 8.01. The minimum Gasteiger partial charge on any atom is -0.496 e. The lowest BCUT2D eigenvalue weighted by atomic mass is 10.2. The van der Waals surface area contributed by atoms with Gasteiger partial charge in [0.15, 0.2) is 4.34 Å². The van der Waals surface area contributed by atoms with E-state index in [-0.39, 0.29) is 17.6 Å². The lowest BCUT2D eigenvalue weighted by molar-refractivity contribution is -0.137. The van der Waals surface area contributed by atoms with Gasteiger partial charge in [-0.15, -0.1) is 10.2 Å². The topological polar surface area (TPSA) is 90.4 Å². The van der Waals surface area contributed by atoms with E-state index in [0.29, 0.717) is 15.2 Å². The Morgan fingerprint density at radius 3 is 2.83 bits per heavy atom. The smallest absolute Gasteiger partial charge is 0.316 e. The van der Waals surface area contributed by atoms with Crippen molar-refractivity contribution in [3.63, 3.8) is 0 Å². The zero-order chi connectivity index (χ0) is 17.4. The molecule has 1 N–H and O–H groups in total. The van der Waals surface area contributed by atoms with Gasteiger partial charge in [-0.25, -0.2) is 0 Å². The fourth-order valence-electron chi connectivity index (χ4n) is 1.61. The van der Waals surface area contributed by atoms with Crippen LogP contribution in [0.25, 0.3) is 6.08 Å². The van der Waals surface area contributed by atoms with Gasteiger partial charge in [-0.3, -0.25) is 14.9 Å². The van der Waals surface area contributed by atoms with E-state index >= 15 is 0 Å². The molecule has 1 heterocycles. The van der Waals surface area contributed by atoms with Crippen LogP contribution in [0.15, 0.2) is 34.7 Å². The number of nitrogens with zero attached hydrogens (tertiary/aromatic N) is 2. The van der Waals surface area contributed by atoms with Crippen LogP contribution in [0.3, 0.4) is 0 Å². The summed E-state index contributed by atoms with van der Waals surface area (Å²) < 4.78 is 10.3. The van der Waals surface area contributed by atoms with Crippen LogP contribution in [0.5, 0.6) is 5.75 Å². The van der Waals surface area contributed by atoms with Crippen molar-refractivity contribution in [3.8, 4) is 5.75 Å². The normalized spacial score (nSPS) is 10.6. The Kier molecular flexibility index (Phi) is 6.76. The standard InChI is InChI=1S/C15H15N3O4S2/c1-21-11-6-4-3-5-10(11)7-8-12(19)16-14-17-18-15(24-14)23-9-13(20)22-2/h3-8H,9H2,1-2H3,(H,16,17,19)/b8-7+. The molecule has 0 saturated heterocycles. The molecule has 0 fully saturated rings. The molecular weight excluding hydrogens is 350 g/mol. The monoisotopic (exact) mass is 365 g/mol. The number of aromatic nitrogens is 2. The number of carbonyl (C=O) groups is 2. The lowest BCUT2D eigenvalue weighted by Crippen LogP contribution is -2.07. The molecule has 0 bridgehead atoms. The zero-order valence-electron chi connectivity index (χ0n) is 13.0. The summed E-state index contributed by atoms with van der Waals surface area (Å²) in [6.45, 7) is 0. The number of ether oxygens (including phenoxy) is 2. The predicted molar refractivity (Wildman–Crippen MR) is 93.3 cm³/mol. The Balaban J connectivity index is 1.91. The molecule has 0 aliphatic heterocycles. The van der Waals surface area contributed by atoms with E-state index in [0.717, 1.165) is 5.56 Å². The molecular formula is C15H15N3O4S2. The van der Waals surface area contributed by atoms with Crippen LogP contribution < -0.4 is 10.1 Å². The molecule has 9 heteroatoms. The third-order valence-electron chi connectivity index (χ3n) is 2.73. The molecule has 24 heavy (non-hydrogen) atoms. The second kappa shape index (κ2) is 9.04. The van der Waals surface area contributed by atoms with Crippen LogP contribution in [-0.4, -0.2) is 42.0 Å². The van der Waals surface area contributed by atoms with Crippen molar-refractivity contribution in [2.75, 3.05) is 25.3 Å². The molecule has 1 amide bonds. The Bertz CT molecular complexity index is 746. The van der Waals surface area contributed by atoms with Crippen LogP contribution in [-0.2, 0) is 14.3 Å². The molecule has 0 saturated carbocycles. The average Bonchev–Trinajstić information content (AvgIpc) is 3.05. The van der Waals surface area contributed by atoms with Crippen molar-refractivity contribution >= 4 is 46.2 Å². The number of amides is 1. The SMILES string of the molecule is COC(=O)CSc1nnc(NC(=O)/C=C/c2ccccc2OC)s1. The number of esters is 1. The minimum absolute atomic E-state index is 0.146. The maximum atomic E-state index is 11.9. The number of benzene rings is 1. The molecule has 0 aliphatic rings. The van der Waals surface area contributed by atoms with E-state index in [1.165, 1.54) is 36.3 Å². The number of carbonyl (C=O) groups excluding carboxylic acids is 2. The number of para-hydroxylation sites is 1. The van der Waals surface area contributed by atoms with Gasteiger partial charge in [-0.2, -0.15) is 0 Å². The van der Waals surface area contributed by atoms with Crippen LogP contribution in [0.4, 0.5) is 5.13 Å². The van der Waals surface area contributed by atoms with E-state index in [1.54, 1.807) is 13.2 Å². The number of methoxy groups -OCH3 is 2. The summed E-state index contributed by atoms with van der Waals surface area (Å²) in [6.07, 6.45) is 3.04. The molecule has 2 rings (SSSR count). The van der Waals surface area contributed by atoms with Gasteiger partial charge in [0.1, 0.15) is 5.75 Å². The predicted octanol–water partition coefficient (Wildman–Crippen LogP) is 2.46. The zero-order valence-corrected chi connectivity index (χ0v) is 14.6. The van der Waals surface area contributed by atoms with Gasteiger partial charge in [-0.05, 0) is 12.1 Å². The maximum absolute atomic E-state index is 11.9. The second-order valence-electron chi connectivity index (χ2n) is 4.30. The summed E-state index contributed by atoms with van der Waals surface area (Å²) in [6, 6.07) is 7.36. The molecule has 0 unspecified atom stereocenters. The Hall–Kier alpha value is -2.39. The Morgan fingerprint density at radius 1 is 1.29 bits per heavy atom. The third-order valence-corrected chi connectivity index (χ3v) is 4.68. The molecule has 126 valence electrons. The summed E-state index contributed by atoms with van der Waals surface area (Å²) >= 11 is 2.39. The molecule has 2 aromatic rings. The second-order valence-corrected chi connectivity index (χ2v) is 6.50. The van der Waals surface area contributed by atoms with E-state index in [1.807, 2.05) is 24.3 Å². The van der Waals surface area contributed by atoms with Crippen LogP contribution in [0.2, 0.25) is 0 Å². The van der Waals surface area contributed by atoms with Crippen molar-refractivity contribution in [1.82, 2.24) is 10.2 Å². The van der Waals surface area contributed by atoms with E-state index in [2.05, 4.69) is 20.3 Å². The first-order valence-electron chi connectivity index (χ1n) is 6.77. The van der Waals surface area contributed by atoms with Gasteiger partial charge >= 0.3 is 5.97 Å². The number of hydrogen-bond donors (Lipinski definition) is 1. The van der Waals surface area contributed by atoms with Gasteiger partial charge in [-0.1, -0.05) is 41.3 Å². The highest BCUT2D eigenvalue weighted by Crippen LogP contribution is 2.25.